The minimum absolute atomic E-state index is 0.00351. The van der Waals surface area contributed by atoms with Crippen molar-refractivity contribution in [2.45, 2.75) is 26.2 Å². The van der Waals surface area contributed by atoms with Gasteiger partial charge in [-0.1, -0.05) is 63.2 Å². The molecule has 1 saturated heterocycles. The predicted molar refractivity (Wildman–Crippen MR) is 125 cm³/mol. The number of aliphatic hydroxyl groups excluding tert-OH is 1. The SMILES string of the molecule is CC(C)(C)c1ccc(C(O)=C(C#N)c2nnc(N3CCOCC3)n2-c2ccccc2)cc1. The summed E-state index contributed by atoms with van der Waals surface area (Å²) in [6, 6.07) is 19.4. The molecule has 0 spiro atoms. The number of nitrogens with zero attached hydrogens (tertiary/aromatic N) is 5. The number of aromatic nitrogens is 3. The van der Waals surface area contributed by atoms with Gasteiger partial charge in [0.15, 0.2) is 5.82 Å². The fraction of sp³-hybridized carbons (Fsp3) is 0.320. The van der Waals surface area contributed by atoms with Crippen LogP contribution in [0.4, 0.5) is 5.95 Å². The first kappa shape index (κ1) is 21.6. The number of benzene rings is 2. The van der Waals surface area contributed by atoms with Gasteiger partial charge in [-0.15, -0.1) is 10.2 Å². The summed E-state index contributed by atoms with van der Waals surface area (Å²) in [5, 5.41) is 29.8. The van der Waals surface area contributed by atoms with Crippen LogP contribution in [-0.4, -0.2) is 46.2 Å². The van der Waals surface area contributed by atoms with Gasteiger partial charge < -0.3 is 14.7 Å². The maximum Gasteiger partial charge on any atom is 0.232 e. The number of allylic oxidation sites excluding steroid dienone is 1. The molecule has 0 atom stereocenters. The van der Waals surface area contributed by atoms with Crippen LogP contribution in [0.3, 0.4) is 0 Å². The van der Waals surface area contributed by atoms with Crippen LogP contribution in [-0.2, 0) is 10.2 Å². The number of hydrogen-bond acceptors (Lipinski definition) is 6. The summed E-state index contributed by atoms with van der Waals surface area (Å²) in [6.07, 6.45) is 0. The van der Waals surface area contributed by atoms with Crippen molar-refractivity contribution >= 4 is 17.3 Å². The fourth-order valence-electron chi connectivity index (χ4n) is 3.70. The number of aliphatic hydroxyl groups is 1. The Balaban J connectivity index is 1.83. The minimum Gasteiger partial charge on any atom is -0.506 e. The Kier molecular flexibility index (Phi) is 5.97. The molecule has 7 heteroatoms. The fourth-order valence-corrected chi connectivity index (χ4v) is 3.70. The lowest BCUT2D eigenvalue weighted by Crippen LogP contribution is -2.38. The number of hydrogen-bond donors (Lipinski definition) is 1. The van der Waals surface area contributed by atoms with Gasteiger partial charge in [0.2, 0.25) is 5.95 Å². The number of rotatable bonds is 4. The summed E-state index contributed by atoms with van der Waals surface area (Å²) >= 11 is 0. The Labute approximate surface area is 188 Å². The molecule has 2 heterocycles. The monoisotopic (exact) mass is 429 g/mol. The van der Waals surface area contributed by atoms with Gasteiger partial charge >= 0.3 is 0 Å². The van der Waals surface area contributed by atoms with E-state index in [9.17, 15) is 10.4 Å². The van der Waals surface area contributed by atoms with Crippen molar-refractivity contribution in [2.75, 3.05) is 31.2 Å². The molecule has 1 fully saturated rings. The van der Waals surface area contributed by atoms with Crippen molar-refractivity contribution in [2.24, 2.45) is 0 Å². The maximum atomic E-state index is 11.1. The molecule has 4 rings (SSSR count). The smallest absolute Gasteiger partial charge is 0.232 e. The zero-order valence-corrected chi connectivity index (χ0v) is 18.6. The van der Waals surface area contributed by atoms with E-state index in [4.69, 9.17) is 4.74 Å². The van der Waals surface area contributed by atoms with Crippen molar-refractivity contribution in [3.8, 4) is 11.8 Å². The zero-order chi connectivity index (χ0) is 22.7. The van der Waals surface area contributed by atoms with E-state index in [-0.39, 0.29) is 16.7 Å². The van der Waals surface area contributed by atoms with Gasteiger partial charge in [-0.25, -0.2) is 0 Å². The second kappa shape index (κ2) is 8.85. The number of anilines is 1. The third-order valence-corrected chi connectivity index (χ3v) is 5.55. The van der Waals surface area contributed by atoms with E-state index in [2.05, 4.69) is 41.9 Å². The summed E-state index contributed by atoms with van der Waals surface area (Å²) in [6.45, 7) is 8.95. The van der Waals surface area contributed by atoms with E-state index in [1.54, 1.807) is 0 Å². The lowest BCUT2D eigenvalue weighted by molar-refractivity contribution is 0.122. The van der Waals surface area contributed by atoms with Gasteiger partial charge in [-0.05, 0) is 23.1 Å². The molecule has 1 N–H and O–H groups in total. The van der Waals surface area contributed by atoms with Crippen molar-refractivity contribution < 1.29 is 9.84 Å². The van der Waals surface area contributed by atoms with Crippen LogP contribution in [0, 0.1) is 11.3 Å². The zero-order valence-electron chi connectivity index (χ0n) is 18.6. The molecule has 0 aliphatic carbocycles. The van der Waals surface area contributed by atoms with E-state index in [0.717, 1.165) is 11.3 Å². The lowest BCUT2D eigenvalue weighted by atomic mass is 9.86. The molecule has 0 unspecified atom stereocenters. The molecule has 1 aliphatic rings. The summed E-state index contributed by atoms with van der Waals surface area (Å²) in [5.74, 6) is 0.807. The van der Waals surface area contributed by atoms with Crippen molar-refractivity contribution in [3.05, 3.63) is 71.5 Å². The van der Waals surface area contributed by atoms with Crippen molar-refractivity contribution in [1.82, 2.24) is 14.8 Å². The molecule has 0 bridgehead atoms. The molecular formula is C25H27N5O2. The molecule has 0 amide bonds. The van der Waals surface area contributed by atoms with Gasteiger partial charge in [0.25, 0.3) is 0 Å². The molecule has 3 aromatic rings. The Bertz CT molecular complexity index is 1150. The van der Waals surface area contributed by atoms with Gasteiger partial charge in [0.1, 0.15) is 17.4 Å². The minimum atomic E-state index is -0.119. The van der Waals surface area contributed by atoms with Gasteiger partial charge in [-0.3, -0.25) is 4.57 Å². The van der Waals surface area contributed by atoms with Crippen LogP contribution < -0.4 is 4.90 Å². The van der Waals surface area contributed by atoms with E-state index in [1.807, 2.05) is 59.2 Å². The Morgan fingerprint density at radius 2 is 1.66 bits per heavy atom. The third-order valence-electron chi connectivity index (χ3n) is 5.55. The molecule has 1 aromatic heterocycles. The molecule has 0 saturated carbocycles. The molecule has 164 valence electrons. The van der Waals surface area contributed by atoms with E-state index < -0.39 is 0 Å². The van der Waals surface area contributed by atoms with Crippen molar-refractivity contribution in [3.63, 3.8) is 0 Å². The molecule has 1 aliphatic heterocycles. The van der Waals surface area contributed by atoms with Crippen LogP contribution in [0.5, 0.6) is 0 Å². The second-order valence-electron chi connectivity index (χ2n) is 8.76. The highest BCUT2D eigenvalue weighted by Gasteiger charge is 2.25. The topological polar surface area (TPSA) is 87.2 Å². The normalized spacial score (nSPS) is 15.2. The van der Waals surface area contributed by atoms with Gasteiger partial charge in [-0.2, -0.15) is 5.26 Å². The van der Waals surface area contributed by atoms with E-state index in [1.165, 1.54) is 0 Å². The van der Waals surface area contributed by atoms with Crippen LogP contribution in [0.25, 0.3) is 17.0 Å². The molecule has 2 aromatic carbocycles. The van der Waals surface area contributed by atoms with Gasteiger partial charge in [0, 0.05) is 18.7 Å². The van der Waals surface area contributed by atoms with Crippen molar-refractivity contribution in [1.29, 1.82) is 5.26 Å². The van der Waals surface area contributed by atoms with Gasteiger partial charge in [0.05, 0.1) is 18.9 Å². The van der Waals surface area contributed by atoms with E-state index >= 15 is 0 Å². The number of para-hydroxylation sites is 1. The average molecular weight is 430 g/mol. The van der Waals surface area contributed by atoms with Crippen LogP contribution >= 0.6 is 0 Å². The molecule has 32 heavy (non-hydrogen) atoms. The Hall–Kier alpha value is -3.63. The van der Waals surface area contributed by atoms with Crippen LogP contribution in [0.1, 0.15) is 37.7 Å². The standard InChI is InChI=1S/C25H27N5O2/c1-25(2,3)19-11-9-18(10-12-19)22(31)21(17-26)23-27-28-24(29-13-15-32-16-14-29)30(23)20-7-5-4-6-8-20/h4-12,31H,13-16H2,1-3H3. The molecular weight excluding hydrogens is 402 g/mol. The first-order chi connectivity index (χ1) is 15.4. The maximum absolute atomic E-state index is 11.1. The lowest BCUT2D eigenvalue weighted by Gasteiger charge is -2.28. The molecule has 7 nitrogen and oxygen atoms in total. The number of nitriles is 1. The predicted octanol–water partition coefficient (Wildman–Crippen LogP) is 4.35. The highest BCUT2D eigenvalue weighted by atomic mass is 16.5. The summed E-state index contributed by atoms with van der Waals surface area (Å²) < 4.78 is 7.29. The number of morpholine rings is 1. The largest absolute Gasteiger partial charge is 0.506 e. The second-order valence-corrected chi connectivity index (χ2v) is 8.76. The Morgan fingerprint density at radius 1 is 1.00 bits per heavy atom. The number of ether oxygens (including phenoxy) is 1. The van der Waals surface area contributed by atoms with Crippen LogP contribution in [0.15, 0.2) is 54.6 Å². The highest BCUT2D eigenvalue weighted by Crippen LogP contribution is 2.30. The average Bonchev–Trinajstić information content (AvgIpc) is 3.25. The Morgan fingerprint density at radius 3 is 2.25 bits per heavy atom. The summed E-state index contributed by atoms with van der Waals surface area (Å²) in [4.78, 5) is 2.08. The third kappa shape index (κ3) is 4.23. The highest BCUT2D eigenvalue weighted by molar-refractivity contribution is 5.92. The first-order valence-electron chi connectivity index (χ1n) is 10.7. The molecule has 0 radical (unpaired) electrons. The first-order valence-corrected chi connectivity index (χ1v) is 10.7. The van der Waals surface area contributed by atoms with E-state index in [0.29, 0.717) is 43.6 Å². The summed E-state index contributed by atoms with van der Waals surface area (Å²) in [5.41, 5.74) is 2.60. The quantitative estimate of drug-likeness (QED) is 0.490. The summed E-state index contributed by atoms with van der Waals surface area (Å²) in [7, 11) is 0. The van der Waals surface area contributed by atoms with Crippen LogP contribution in [0.2, 0.25) is 0 Å².